The molecule has 4 aromatic rings. The normalized spacial score (nSPS) is 15.8. The molecule has 1 aliphatic heterocycles. The van der Waals surface area contributed by atoms with Crippen LogP contribution in [-0.4, -0.2) is 58.0 Å². The second-order valence-electron chi connectivity index (χ2n) is 8.09. The number of benzene rings is 2. The third kappa shape index (κ3) is 3.73. The average molecular weight is 479 g/mol. The van der Waals surface area contributed by atoms with Crippen LogP contribution in [0.15, 0.2) is 59.5 Å². The number of aromatic nitrogens is 3. The van der Waals surface area contributed by atoms with Crippen LogP contribution in [0.1, 0.15) is 11.1 Å². The van der Waals surface area contributed by atoms with Gasteiger partial charge in [-0.1, -0.05) is 30.3 Å². The maximum Gasteiger partial charge on any atom is 0.244 e. The Balaban J connectivity index is 1.37. The first-order valence-electron chi connectivity index (χ1n) is 10.6. The zero-order chi connectivity index (χ0) is 23.2. The predicted octanol–water partition coefficient (Wildman–Crippen LogP) is 3.16. The molecule has 3 heterocycles. The van der Waals surface area contributed by atoms with E-state index in [9.17, 15) is 13.7 Å². The topological polar surface area (TPSA) is 86.6 Å². The lowest BCUT2D eigenvalue weighted by Crippen LogP contribution is -2.49. The van der Waals surface area contributed by atoms with Crippen LogP contribution < -0.4 is 0 Å². The summed E-state index contributed by atoms with van der Waals surface area (Å²) in [6.07, 6.45) is 0. The Labute approximate surface area is 196 Å². The Morgan fingerprint density at radius 1 is 1.06 bits per heavy atom. The molecule has 2 aromatic heterocycles. The van der Waals surface area contributed by atoms with E-state index in [1.54, 1.807) is 16.8 Å². The van der Waals surface area contributed by atoms with Crippen molar-refractivity contribution in [2.75, 3.05) is 26.2 Å². The van der Waals surface area contributed by atoms with Crippen molar-refractivity contribution in [2.45, 2.75) is 18.5 Å². The average Bonchev–Trinajstić information content (AvgIpc) is 3.14. The van der Waals surface area contributed by atoms with Crippen molar-refractivity contribution < 1.29 is 8.42 Å². The van der Waals surface area contributed by atoms with Gasteiger partial charge in [-0.2, -0.15) is 14.7 Å². The van der Waals surface area contributed by atoms with Crippen LogP contribution in [0.25, 0.3) is 16.6 Å². The van der Waals surface area contributed by atoms with Gasteiger partial charge in [-0.3, -0.25) is 9.30 Å². The number of hydrogen-bond acceptors (Lipinski definition) is 6. The molecule has 0 N–H and O–H groups in total. The summed E-state index contributed by atoms with van der Waals surface area (Å²) in [5, 5.41) is 15.2. The first kappa shape index (κ1) is 21.7. The smallest absolute Gasteiger partial charge is 0.244 e. The molecular weight excluding hydrogens is 456 g/mol. The SMILES string of the molecule is Cc1cc2nn(CN3CCN(S(=O)(=O)c4ccccc4C#N)CC3)c(=S)n2c2ccccc12. The molecule has 0 radical (unpaired) electrons. The number of fused-ring (bicyclic) bond motifs is 3. The van der Waals surface area contributed by atoms with Crippen molar-refractivity contribution in [2.24, 2.45) is 0 Å². The summed E-state index contributed by atoms with van der Waals surface area (Å²) >= 11 is 5.74. The molecule has 33 heavy (non-hydrogen) atoms. The van der Waals surface area contributed by atoms with Crippen LogP contribution >= 0.6 is 12.2 Å². The largest absolute Gasteiger partial charge is 0.282 e. The third-order valence-electron chi connectivity index (χ3n) is 6.07. The number of sulfonamides is 1. The Bertz CT molecular complexity index is 1570. The molecule has 0 bridgehead atoms. The molecule has 1 fully saturated rings. The van der Waals surface area contributed by atoms with Gasteiger partial charge >= 0.3 is 0 Å². The summed E-state index contributed by atoms with van der Waals surface area (Å²) in [6.45, 7) is 4.31. The molecule has 0 saturated carbocycles. The fourth-order valence-electron chi connectivity index (χ4n) is 4.33. The molecule has 5 rings (SSSR count). The third-order valence-corrected chi connectivity index (χ3v) is 8.42. The fourth-order valence-corrected chi connectivity index (χ4v) is 6.19. The van der Waals surface area contributed by atoms with E-state index in [0.29, 0.717) is 37.6 Å². The molecule has 1 aliphatic rings. The Morgan fingerprint density at radius 3 is 2.52 bits per heavy atom. The van der Waals surface area contributed by atoms with Crippen LogP contribution in [0.3, 0.4) is 0 Å². The number of piperazine rings is 1. The van der Waals surface area contributed by atoms with E-state index in [4.69, 9.17) is 17.3 Å². The quantitative estimate of drug-likeness (QED) is 0.419. The highest BCUT2D eigenvalue weighted by atomic mass is 32.2. The molecule has 10 heteroatoms. The standard InChI is InChI=1S/C23H22N6O2S2/c1-17-14-22-25-28(23(32)29(22)20-8-4-3-7-19(17)20)16-26-10-12-27(13-11-26)33(30,31)21-9-5-2-6-18(21)15-24/h2-9,14H,10-13,16H2,1H3. The molecular formula is C23H22N6O2S2. The number of nitriles is 1. The first-order chi connectivity index (χ1) is 15.9. The molecule has 168 valence electrons. The van der Waals surface area contributed by atoms with Gasteiger partial charge in [0.2, 0.25) is 14.8 Å². The summed E-state index contributed by atoms with van der Waals surface area (Å²) in [7, 11) is -3.72. The summed E-state index contributed by atoms with van der Waals surface area (Å²) in [5.41, 5.74) is 3.13. The van der Waals surface area contributed by atoms with Crippen molar-refractivity contribution in [1.29, 1.82) is 5.26 Å². The molecule has 1 saturated heterocycles. The van der Waals surface area contributed by atoms with Crippen molar-refractivity contribution in [3.05, 3.63) is 70.5 Å². The van der Waals surface area contributed by atoms with Gasteiger partial charge in [0, 0.05) is 31.6 Å². The molecule has 2 aromatic carbocycles. The van der Waals surface area contributed by atoms with Gasteiger partial charge in [0.25, 0.3) is 0 Å². The molecule has 0 unspecified atom stereocenters. The number of pyridine rings is 1. The lowest BCUT2D eigenvalue weighted by atomic mass is 10.1. The van der Waals surface area contributed by atoms with Crippen LogP contribution in [-0.2, 0) is 16.7 Å². The highest BCUT2D eigenvalue weighted by Gasteiger charge is 2.30. The van der Waals surface area contributed by atoms with E-state index in [2.05, 4.69) is 17.9 Å². The summed E-state index contributed by atoms with van der Waals surface area (Å²) in [6, 6.07) is 18.5. The number of hydrogen-bond donors (Lipinski definition) is 0. The van der Waals surface area contributed by atoms with Crippen LogP contribution in [0.5, 0.6) is 0 Å². The lowest BCUT2D eigenvalue weighted by Gasteiger charge is -2.33. The van der Waals surface area contributed by atoms with E-state index >= 15 is 0 Å². The van der Waals surface area contributed by atoms with Gasteiger partial charge in [-0.05, 0) is 49.0 Å². The maximum absolute atomic E-state index is 13.1. The zero-order valence-corrected chi connectivity index (χ0v) is 19.7. The van der Waals surface area contributed by atoms with E-state index in [1.807, 2.05) is 34.7 Å². The van der Waals surface area contributed by atoms with Crippen LogP contribution in [0.2, 0.25) is 0 Å². The Kier molecular flexibility index (Phi) is 5.50. The highest BCUT2D eigenvalue weighted by molar-refractivity contribution is 7.89. The van der Waals surface area contributed by atoms with E-state index < -0.39 is 10.0 Å². The maximum atomic E-state index is 13.1. The summed E-state index contributed by atoms with van der Waals surface area (Å²) in [5.74, 6) is 0. The highest BCUT2D eigenvalue weighted by Crippen LogP contribution is 2.23. The molecule has 0 aliphatic carbocycles. The van der Waals surface area contributed by atoms with Crippen molar-refractivity contribution in [1.82, 2.24) is 23.4 Å². The minimum absolute atomic E-state index is 0.0609. The van der Waals surface area contributed by atoms with E-state index in [1.165, 1.54) is 16.4 Å². The van der Waals surface area contributed by atoms with Gasteiger partial charge in [0.15, 0.2) is 5.65 Å². The first-order valence-corrected chi connectivity index (χ1v) is 12.4. The summed E-state index contributed by atoms with van der Waals surface area (Å²) in [4.78, 5) is 2.20. The lowest BCUT2D eigenvalue weighted by molar-refractivity contribution is 0.145. The number of aryl methyl sites for hydroxylation is 1. The Morgan fingerprint density at radius 2 is 1.76 bits per heavy atom. The van der Waals surface area contributed by atoms with Crippen LogP contribution in [0.4, 0.5) is 0 Å². The monoisotopic (exact) mass is 478 g/mol. The van der Waals surface area contributed by atoms with Crippen molar-refractivity contribution in [3.8, 4) is 6.07 Å². The van der Waals surface area contributed by atoms with Gasteiger partial charge in [0.1, 0.15) is 6.07 Å². The molecule has 0 atom stereocenters. The van der Waals surface area contributed by atoms with Crippen molar-refractivity contribution in [3.63, 3.8) is 0 Å². The van der Waals surface area contributed by atoms with Gasteiger partial charge in [-0.15, -0.1) is 0 Å². The van der Waals surface area contributed by atoms with E-state index in [-0.39, 0.29) is 10.5 Å². The fraction of sp³-hybridized carbons (Fsp3) is 0.261. The second kappa shape index (κ2) is 8.35. The van der Waals surface area contributed by atoms with Gasteiger partial charge in [0.05, 0.1) is 22.6 Å². The Hall–Kier alpha value is -3.10. The number of rotatable bonds is 4. The zero-order valence-electron chi connectivity index (χ0n) is 18.0. The van der Waals surface area contributed by atoms with E-state index in [0.717, 1.165) is 22.1 Å². The van der Waals surface area contributed by atoms with Crippen LogP contribution in [0, 0.1) is 23.0 Å². The van der Waals surface area contributed by atoms with Gasteiger partial charge in [-0.25, -0.2) is 13.1 Å². The number of nitrogens with zero attached hydrogens (tertiary/aromatic N) is 6. The minimum Gasteiger partial charge on any atom is -0.282 e. The minimum atomic E-state index is -3.72. The predicted molar refractivity (Wildman–Crippen MR) is 128 cm³/mol. The second-order valence-corrected chi connectivity index (χ2v) is 10.4. The van der Waals surface area contributed by atoms with Gasteiger partial charge < -0.3 is 0 Å². The molecule has 0 spiro atoms. The number of para-hydroxylation sites is 1. The molecule has 8 nitrogen and oxygen atoms in total. The summed E-state index contributed by atoms with van der Waals surface area (Å²) < 4.78 is 32.0. The van der Waals surface area contributed by atoms with Crippen molar-refractivity contribution >= 4 is 38.8 Å². The molecule has 0 amide bonds.